The minimum atomic E-state index is -1.20. The second kappa shape index (κ2) is 26.8. The second-order valence-corrected chi connectivity index (χ2v) is 17.2. The van der Waals surface area contributed by atoms with Gasteiger partial charge >= 0.3 is 12.1 Å². The van der Waals surface area contributed by atoms with Gasteiger partial charge in [-0.15, -0.1) is 0 Å². The molecule has 2 heterocycles. The Kier molecular flexibility index (Phi) is 21.7. The molecule has 0 bridgehead atoms. The van der Waals surface area contributed by atoms with Crippen LogP contribution >= 0.6 is 0 Å². The van der Waals surface area contributed by atoms with Crippen molar-refractivity contribution in [3.63, 3.8) is 0 Å². The molecule has 17 heteroatoms. The zero-order valence-electron chi connectivity index (χ0n) is 37.7. The lowest BCUT2D eigenvalue weighted by Gasteiger charge is -2.33. The van der Waals surface area contributed by atoms with Gasteiger partial charge in [-0.2, -0.15) is 0 Å². The number of ether oxygens (including phenoxy) is 3. The first-order chi connectivity index (χ1) is 29.8. The maximum absolute atomic E-state index is 14.1. The Balaban J connectivity index is 1.48. The van der Waals surface area contributed by atoms with E-state index in [2.05, 4.69) is 55.7 Å². The molecular formula is C45H73N9O8. The summed E-state index contributed by atoms with van der Waals surface area (Å²) >= 11 is 0. The molecule has 6 amide bonds. The average molecular weight is 868 g/mol. The lowest BCUT2D eigenvalue weighted by Crippen LogP contribution is -2.60. The minimum Gasteiger partial charge on any atom is -0.493 e. The molecule has 7 N–H and O–H groups in total. The quantitative estimate of drug-likeness (QED) is 0.0763. The van der Waals surface area contributed by atoms with Crippen LogP contribution in [0, 0.1) is 17.8 Å². The Morgan fingerprint density at radius 2 is 1.21 bits per heavy atom. The van der Waals surface area contributed by atoms with Crippen molar-refractivity contribution < 1.29 is 38.5 Å². The lowest BCUT2D eigenvalue weighted by atomic mass is 9.98. The van der Waals surface area contributed by atoms with Gasteiger partial charge in [0.1, 0.15) is 17.8 Å². The van der Waals surface area contributed by atoms with Gasteiger partial charge in [0, 0.05) is 65.4 Å². The van der Waals surface area contributed by atoms with E-state index in [1.807, 2.05) is 82.3 Å². The Hall–Kier alpha value is -4.52. The molecule has 0 aromatic heterocycles. The number of urea groups is 2. The number of amides is 6. The molecule has 62 heavy (non-hydrogen) atoms. The Morgan fingerprint density at radius 3 is 1.71 bits per heavy atom. The first-order valence-electron chi connectivity index (χ1n) is 22.3. The largest absolute Gasteiger partial charge is 0.493 e. The smallest absolute Gasteiger partial charge is 0.315 e. The first kappa shape index (κ1) is 50.1. The van der Waals surface area contributed by atoms with E-state index >= 15 is 0 Å². The number of hydrogen-bond donors (Lipinski definition) is 7. The molecule has 2 fully saturated rings. The Morgan fingerprint density at radius 1 is 0.694 bits per heavy atom. The van der Waals surface area contributed by atoms with Gasteiger partial charge in [0.05, 0.1) is 45.2 Å². The van der Waals surface area contributed by atoms with E-state index < -0.39 is 48.1 Å². The highest BCUT2D eigenvalue weighted by Crippen LogP contribution is 2.16. The first-order valence-corrected chi connectivity index (χ1v) is 22.3. The van der Waals surface area contributed by atoms with E-state index in [-0.39, 0.29) is 31.3 Å². The average Bonchev–Trinajstić information content (AvgIpc) is 3.25. The molecule has 0 spiro atoms. The van der Waals surface area contributed by atoms with Crippen LogP contribution in [0.15, 0.2) is 54.6 Å². The van der Waals surface area contributed by atoms with Gasteiger partial charge in [0.2, 0.25) is 5.91 Å². The van der Waals surface area contributed by atoms with Crippen LogP contribution in [0.2, 0.25) is 0 Å². The van der Waals surface area contributed by atoms with E-state index in [0.29, 0.717) is 70.9 Å². The van der Waals surface area contributed by atoms with Crippen molar-refractivity contribution in [2.75, 3.05) is 91.9 Å². The summed E-state index contributed by atoms with van der Waals surface area (Å²) in [7, 11) is 0. The maximum Gasteiger partial charge on any atom is 0.315 e. The molecule has 346 valence electrons. The van der Waals surface area contributed by atoms with Crippen molar-refractivity contribution >= 4 is 23.9 Å². The summed E-state index contributed by atoms with van der Waals surface area (Å²) in [4.78, 5) is 58.6. The van der Waals surface area contributed by atoms with Crippen molar-refractivity contribution in [1.29, 1.82) is 0 Å². The molecule has 2 aliphatic heterocycles. The number of carbonyl (C=O) groups excluding carboxylic acids is 4. The fourth-order valence-corrected chi connectivity index (χ4v) is 7.09. The zero-order valence-corrected chi connectivity index (χ0v) is 37.7. The van der Waals surface area contributed by atoms with Crippen molar-refractivity contribution in [2.45, 2.75) is 78.7 Å². The number of morpholine rings is 2. The van der Waals surface area contributed by atoms with Gasteiger partial charge in [-0.05, 0) is 47.4 Å². The number of rotatable bonds is 24. The third-order valence-electron chi connectivity index (χ3n) is 10.8. The molecule has 0 aliphatic carbocycles. The standard InChI is InChI=1S/C45H73N9O8/c1-32(2)31-62-37-14-12-36(13-15-37)29-54(51-43(57)41(34(5)6)50-45(59)47-17-19-53-22-26-61-27-23-53)30-39(55)38(28-35-10-8-7-9-11-35)48-42(56)40(33(3)4)49-44(58)46-16-18-52-20-24-60-25-21-52/h7-15,32-34,38-41,55H,16-31H2,1-6H3,(H,48,56)(H,51,57)(H2,46,49,58)(H2,47,50,59)/t38?,39?,40-,41-/m0/s1. The topological polar surface area (TPSA) is 198 Å². The summed E-state index contributed by atoms with van der Waals surface area (Å²) in [6, 6.07) is 13.5. The van der Waals surface area contributed by atoms with Gasteiger partial charge in [-0.25, -0.2) is 14.6 Å². The maximum atomic E-state index is 14.1. The number of nitrogens with one attached hydrogen (secondary N) is 6. The minimum absolute atomic E-state index is 0.0898. The third kappa shape index (κ3) is 18.4. The van der Waals surface area contributed by atoms with Gasteiger partial charge in [-0.1, -0.05) is 84.0 Å². The van der Waals surface area contributed by atoms with Crippen LogP contribution in [0.1, 0.15) is 52.7 Å². The number of hydrazine groups is 1. The SMILES string of the molecule is CC(C)COc1ccc(CN(CC(O)C(Cc2ccccc2)NC(=O)[C@@H](NC(=O)NCCN2CCOCC2)C(C)C)NC(=O)[C@@H](NC(=O)NCCN2CCOCC2)C(C)C)cc1. The van der Waals surface area contributed by atoms with Crippen LogP contribution in [0.4, 0.5) is 9.59 Å². The highest BCUT2D eigenvalue weighted by atomic mass is 16.5. The van der Waals surface area contributed by atoms with Crippen LogP contribution in [0.3, 0.4) is 0 Å². The molecule has 0 saturated carbocycles. The lowest BCUT2D eigenvalue weighted by molar-refractivity contribution is -0.131. The van der Waals surface area contributed by atoms with Crippen molar-refractivity contribution in [3.05, 3.63) is 65.7 Å². The van der Waals surface area contributed by atoms with Crippen molar-refractivity contribution in [1.82, 2.24) is 46.8 Å². The number of nitrogens with zero attached hydrogens (tertiary/aromatic N) is 3. The molecule has 4 rings (SSSR count). The molecule has 2 unspecified atom stereocenters. The van der Waals surface area contributed by atoms with Crippen LogP contribution in [-0.2, 0) is 32.0 Å². The van der Waals surface area contributed by atoms with Crippen molar-refractivity contribution in [3.8, 4) is 5.75 Å². The van der Waals surface area contributed by atoms with Gasteiger partial charge in [0.15, 0.2) is 0 Å². The summed E-state index contributed by atoms with van der Waals surface area (Å²) < 4.78 is 16.7. The van der Waals surface area contributed by atoms with E-state index in [1.54, 1.807) is 5.01 Å². The summed E-state index contributed by atoms with van der Waals surface area (Å²) in [6.45, 7) is 20.2. The summed E-state index contributed by atoms with van der Waals surface area (Å²) in [5.41, 5.74) is 4.69. The van der Waals surface area contributed by atoms with Gasteiger partial charge in [0.25, 0.3) is 5.91 Å². The van der Waals surface area contributed by atoms with E-state index in [1.165, 1.54) is 0 Å². The molecule has 4 atom stereocenters. The van der Waals surface area contributed by atoms with Crippen LogP contribution in [-0.4, -0.2) is 160 Å². The van der Waals surface area contributed by atoms with Crippen molar-refractivity contribution in [2.24, 2.45) is 17.8 Å². The van der Waals surface area contributed by atoms with E-state index in [0.717, 1.165) is 37.3 Å². The fraction of sp³-hybridized carbons (Fsp3) is 0.644. The zero-order chi connectivity index (χ0) is 44.9. The number of hydrogen-bond acceptors (Lipinski definition) is 11. The molecule has 2 aromatic carbocycles. The number of carbonyl (C=O) groups is 4. The predicted molar refractivity (Wildman–Crippen MR) is 238 cm³/mol. The van der Waals surface area contributed by atoms with E-state index in [9.17, 15) is 24.3 Å². The number of aliphatic hydroxyl groups is 1. The van der Waals surface area contributed by atoms with E-state index in [4.69, 9.17) is 14.2 Å². The van der Waals surface area contributed by atoms with Gasteiger partial charge in [-0.3, -0.25) is 24.8 Å². The number of aliphatic hydroxyl groups excluding tert-OH is 1. The predicted octanol–water partition coefficient (Wildman–Crippen LogP) is 1.96. The highest BCUT2D eigenvalue weighted by molar-refractivity contribution is 5.88. The molecule has 0 radical (unpaired) electrons. The molecule has 2 aliphatic rings. The molecular weight excluding hydrogens is 795 g/mol. The molecule has 2 aromatic rings. The monoisotopic (exact) mass is 868 g/mol. The van der Waals surface area contributed by atoms with Crippen LogP contribution in [0.25, 0.3) is 0 Å². The molecule has 2 saturated heterocycles. The third-order valence-corrected chi connectivity index (χ3v) is 10.8. The van der Waals surface area contributed by atoms with Gasteiger partial charge < -0.3 is 45.9 Å². The highest BCUT2D eigenvalue weighted by Gasteiger charge is 2.32. The van der Waals surface area contributed by atoms with Crippen LogP contribution in [0.5, 0.6) is 5.75 Å². The summed E-state index contributed by atoms with van der Waals surface area (Å²) in [6.07, 6.45) is -0.924. The summed E-state index contributed by atoms with van der Waals surface area (Å²) in [5.74, 6) is -0.373. The molecule has 17 nitrogen and oxygen atoms in total. The normalized spacial score (nSPS) is 17.0. The fourth-order valence-electron chi connectivity index (χ4n) is 7.09. The Bertz CT molecular complexity index is 1620. The van der Waals surface area contributed by atoms with Crippen LogP contribution < -0.4 is 36.7 Å². The number of benzene rings is 2. The Labute approximate surface area is 368 Å². The second-order valence-electron chi connectivity index (χ2n) is 17.2. The summed E-state index contributed by atoms with van der Waals surface area (Å²) in [5, 5.41) is 28.1.